The summed E-state index contributed by atoms with van der Waals surface area (Å²) in [5.74, 6) is -0.721. The van der Waals surface area contributed by atoms with Gasteiger partial charge in [0.05, 0.1) is 0 Å². The van der Waals surface area contributed by atoms with Crippen molar-refractivity contribution in [1.29, 1.82) is 0 Å². The van der Waals surface area contributed by atoms with Crippen LogP contribution in [0, 0.1) is 19.7 Å². The quantitative estimate of drug-likeness (QED) is 0.927. The SMILES string of the molecule is Cc1cccc(C)c1NC(=O)[C@@H](C)Oc1ccccc1F. The van der Waals surface area contributed by atoms with E-state index in [1.54, 1.807) is 19.1 Å². The van der Waals surface area contributed by atoms with Gasteiger partial charge in [0.25, 0.3) is 5.91 Å². The van der Waals surface area contributed by atoms with Crippen LogP contribution < -0.4 is 10.1 Å². The first-order chi connectivity index (χ1) is 9.99. The lowest BCUT2D eigenvalue weighted by Crippen LogP contribution is -2.30. The largest absolute Gasteiger partial charge is 0.478 e. The summed E-state index contributed by atoms with van der Waals surface area (Å²) in [5.41, 5.74) is 2.72. The molecule has 0 aliphatic rings. The number of ether oxygens (including phenoxy) is 1. The minimum absolute atomic E-state index is 0.0710. The Balaban J connectivity index is 2.08. The lowest BCUT2D eigenvalue weighted by atomic mass is 10.1. The fourth-order valence-corrected chi connectivity index (χ4v) is 2.02. The number of carbonyl (C=O) groups excluding carboxylic acids is 1. The van der Waals surface area contributed by atoms with E-state index in [0.717, 1.165) is 16.8 Å². The molecule has 2 aromatic carbocycles. The van der Waals surface area contributed by atoms with Crippen molar-refractivity contribution >= 4 is 11.6 Å². The van der Waals surface area contributed by atoms with Gasteiger partial charge in [-0.2, -0.15) is 0 Å². The normalized spacial score (nSPS) is 11.8. The highest BCUT2D eigenvalue weighted by Crippen LogP contribution is 2.21. The number of hydrogen-bond acceptors (Lipinski definition) is 2. The Kier molecular flexibility index (Phi) is 4.58. The first-order valence-corrected chi connectivity index (χ1v) is 6.77. The maximum atomic E-state index is 13.5. The van der Waals surface area contributed by atoms with Crippen LogP contribution in [0.3, 0.4) is 0 Å². The Labute approximate surface area is 123 Å². The second-order valence-electron chi connectivity index (χ2n) is 4.95. The van der Waals surface area contributed by atoms with Crippen molar-refractivity contribution < 1.29 is 13.9 Å². The molecule has 0 bridgehead atoms. The van der Waals surface area contributed by atoms with Gasteiger partial charge in [-0.25, -0.2) is 4.39 Å². The number of aryl methyl sites for hydroxylation is 2. The Morgan fingerprint density at radius 2 is 1.71 bits per heavy atom. The number of hydrogen-bond donors (Lipinski definition) is 1. The molecule has 0 aliphatic heterocycles. The first kappa shape index (κ1) is 15.0. The van der Waals surface area contributed by atoms with Crippen molar-refractivity contribution in [2.24, 2.45) is 0 Å². The third-order valence-corrected chi connectivity index (χ3v) is 3.24. The Morgan fingerprint density at radius 3 is 2.33 bits per heavy atom. The standard InChI is InChI=1S/C17H18FNO2/c1-11-7-6-8-12(2)16(11)19-17(20)13(3)21-15-10-5-4-9-14(15)18/h4-10,13H,1-3H3,(H,19,20)/t13-/m1/s1. The van der Waals surface area contributed by atoms with E-state index < -0.39 is 11.9 Å². The molecule has 0 fully saturated rings. The van der Waals surface area contributed by atoms with Crippen LogP contribution in [0.4, 0.5) is 10.1 Å². The van der Waals surface area contributed by atoms with Crippen LogP contribution in [0.15, 0.2) is 42.5 Å². The number of benzene rings is 2. The monoisotopic (exact) mass is 287 g/mol. The van der Waals surface area contributed by atoms with E-state index in [1.165, 1.54) is 12.1 Å². The van der Waals surface area contributed by atoms with Crippen molar-refractivity contribution in [3.8, 4) is 5.75 Å². The minimum Gasteiger partial charge on any atom is -0.478 e. The van der Waals surface area contributed by atoms with Gasteiger partial charge in [-0.3, -0.25) is 4.79 Å². The molecule has 1 amide bonds. The number of amides is 1. The topological polar surface area (TPSA) is 38.3 Å². The highest BCUT2D eigenvalue weighted by atomic mass is 19.1. The maximum Gasteiger partial charge on any atom is 0.265 e. The van der Waals surface area contributed by atoms with E-state index in [9.17, 15) is 9.18 Å². The number of anilines is 1. The Hall–Kier alpha value is -2.36. The summed E-state index contributed by atoms with van der Waals surface area (Å²) in [5, 5.41) is 2.83. The van der Waals surface area contributed by atoms with E-state index in [4.69, 9.17) is 4.74 Å². The molecule has 1 N–H and O–H groups in total. The number of halogens is 1. The van der Waals surface area contributed by atoms with Crippen LogP contribution >= 0.6 is 0 Å². The molecule has 21 heavy (non-hydrogen) atoms. The summed E-state index contributed by atoms with van der Waals surface area (Å²) in [7, 11) is 0. The highest BCUT2D eigenvalue weighted by Gasteiger charge is 2.17. The Bertz CT molecular complexity index is 635. The number of carbonyl (C=O) groups is 1. The molecule has 2 rings (SSSR count). The van der Waals surface area contributed by atoms with Crippen molar-refractivity contribution in [1.82, 2.24) is 0 Å². The Morgan fingerprint density at radius 1 is 1.10 bits per heavy atom. The highest BCUT2D eigenvalue weighted by molar-refractivity contribution is 5.95. The van der Waals surface area contributed by atoms with Crippen molar-refractivity contribution in [3.05, 3.63) is 59.4 Å². The zero-order chi connectivity index (χ0) is 15.4. The lowest BCUT2D eigenvalue weighted by molar-refractivity contribution is -0.122. The van der Waals surface area contributed by atoms with Crippen LogP contribution in [0.2, 0.25) is 0 Å². The number of rotatable bonds is 4. The lowest BCUT2D eigenvalue weighted by Gasteiger charge is -2.17. The van der Waals surface area contributed by atoms with Gasteiger partial charge in [-0.05, 0) is 44.0 Å². The van der Waals surface area contributed by atoms with Crippen molar-refractivity contribution in [3.63, 3.8) is 0 Å². The second-order valence-corrected chi connectivity index (χ2v) is 4.95. The van der Waals surface area contributed by atoms with E-state index in [0.29, 0.717) is 0 Å². The molecule has 0 radical (unpaired) electrons. The van der Waals surface area contributed by atoms with Crippen LogP contribution in [-0.2, 0) is 4.79 Å². The van der Waals surface area contributed by atoms with Gasteiger partial charge in [-0.15, -0.1) is 0 Å². The van der Waals surface area contributed by atoms with Gasteiger partial charge >= 0.3 is 0 Å². The minimum atomic E-state index is -0.791. The third-order valence-electron chi connectivity index (χ3n) is 3.24. The molecular formula is C17H18FNO2. The third kappa shape index (κ3) is 3.60. The maximum absolute atomic E-state index is 13.5. The van der Waals surface area contributed by atoms with Crippen LogP contribution in [0.5, 0.6) is 5.75 Å². The molecular weight excluding hydrogens is 269 g/mol. The predicted octanol–water partition coefficient (Wildman–Crippen LogP) is 3.85. The summed E-state index contributed by atoms with van der Waals surface area (Å²) in [4.78, 5) is 12.2. The molecule has 0 saturated heterocycles. The number of nitrogens with one attached hydrogen (secondary N) is 1. The van der Waals surface area contributed by atoms with E-state index in [1.807, 2.05) is 32.0 Å². The van der Waals surface area contributed by atoms with E-state index in [-0.39, 0.29) is 11.7 Å². The fourth-order valence-electron chi connectivity index (χ4n) is 2.02. The molecule has 0 aliphatic carbocycles. The summed E-state index contributed by atoms with van der Waals surface area (Å²) in [6.07, 6.45) is -0.791. The van der Waals surface area contributed by atoms with E-state index in [2.05, 4.69) is 5.32 Å². The van der Waals surface area contributed by atoms with Gasteiger partial charge in [0.2, 0.25) is 0 Å². The average molecular weight is 287 g/mol. The smallest absolute Gasteiger partial charge is 0.265 e. The van der Waals surface area contributed by atoms with Gasteiger partial charge in [0.15, 0.2) is 17.7 Å². The summed E-state index contributed by atoms with van der Waals surface area (Å²) >= 11 is 0. The molecule has 0 spiro atoms. The molecule has 1 atom stereocenters. The molecule has 0 saturated carbocycles. The number of para-hydroxylation sites is 2. The second kappa shape index (κ2) is 6.39. The van der Waals surface area contributed by atoms with E-state index >= 15 is 0 Å². The van der Waals surface area contributed by atoms with Crippen LogP contribution in [-0.4, -0.2) is 12.0 Å². The van der Waals surface area contributed by atoms with Gasteiger partial charge < -0.3 is 10.1 Å². The van der Waals surface area contributed by atoms with Gasteiger partial charge in [-0.1, -0.05) is 30.3 Å². The molecule has 110 valence electrons. The average Bonchev–Trinajstić information content (AvgIpc) is 2.45. The molecule has 2 aromatic rings. The summed E-state index contributed by atoms with van der Waals surface area (Å²) < 4.78 is 18.9. The van der Waals surface area contributed by atoms with Crippen molar-refractivity contribution in [2.45, 2.75) is 26.9 Å². The molecule has 0 unspecified atom stereocenters. The van der Waals surface area contributed by atoms with Crippen LogP contribution in [0.25, 0.3) is 0 Å². The summed E-state index contributed by atoms with van der Waals surface area (Å²) in [6.45, 7) is 5.44. The zero-order valence-corrected chi connectivity index (χ0v) is 12.3. The predicted molar refractivity (Wildman–Crippen MR) is 81.0 cm³/mol. The fraction of sp³-hybridized carbons (Fsp3) is 0.235. The molecule has 0 heterocycles. The van der Waals surface area contributed by atoms with Crippen LogP contribution in [0.1, 0.15) is 18.1 Å². The first-order valence-electron chi connectivity index (χ1n) is 6.77. The van der Waals surface area contributed by atoms with Gasteiger partial charge in [0.1, 0.15) is 0 Å². The zero-order valence-electron chi connectivity index (χ0n) is 12.3. The van der Waals surface area contributed by atoms with Gasteiger partial charge in [0, 0.05) is 5.69 Å². The van der Waals surface area contributed by atoms with Crippen molar-refractivity contribution in [2.75, 3.05) is 5.32 Å². The summed E-state index contributed by atoms with van der Waals surface area (Å²) in [6, 6.07) is 11.8. The molecule has 0 aromatic heterocycles. The molecule has 3 nitrogen and oxygen atoms in total. The molecule has 4 heteroatoms.